The first-order chi connectivity index (χ1) is 11.2. The summed E-state index contributed by atoms with van der Waals surface area (Å²) in [7, 11) is 0. The molecule has 1 aliphatic rings. The van der Waals surface area contributed by atoms with Gasteiger partial charge >= 0.3 is 0 Å². The zero-order valence-corrected chi connectivity index (χ0v) is 13.7. The standard InChI is InChI=1S/C19H26N2O2/c1-2-3-4-5-19(23)20-14-16-6-8-17(9-7-16)15-21-12-10-18(22)11-13-21/h2-9,18,22H,10-15H2,1H3,(H,20,23)/b3-2+,5-4-. The third kappa shape index (κ3) is 6.38. The van der Waals surface area contributed by atoms with Crippen LogP contribution in [-0.4, -0.2) is 35.1 Å². The summed E-state index contributed by atoms with van der Waals surface area (Å²) in [6, 6.07) is 8.35. The van der Waals surface area contributed by atoms with Crippen LogP contribution in [0.25, 0.3) is 0 Å². The molecule has 23 heavy (non-hydrogen) atoms. The number of nitrogens with one attached hydrogen (secondary N) is 1. The van der Waals surface area contributed by atoms with Gasteiger partial charge in [0.2, 0.25) is 5.91 Å². The Bertz CT molecular complexity index is 541. The maximum atomic E-state index is 11.6. The number of benzene rings is 1. The van der Waals surface area contributed by atoms with Gasteiger partial charge in [0.1, 0.15) is 0 Å². The molecule has 0 spiro atoms. The fraction of sp³-hybridized carbons (Fsp3) is 0.421. The van der Waals surface area contributed by atoms with Gasteiger partial charge in [0.05, 0.1) is 6.10 Å². The molecule has 1 aromatic carbocycles. The third-order valence-corrected chi connectivity index (χ3v) is 4.00. The smallest absolute Gasteiger partial charge is 0.244 e. The number of rotatable bonds is 6. The molecule has 124 valence electrons. The molecule has 1 aliphatic heterocycles. The van der Waals surface area contributed by atoms with Gasteiger partial charge in [-0.25, -0.2) is 0 Å². The number of hydrogen-bond acceptors (Lipinski definition) is 3. The summed E-state index contributed by atoms with van der Waals surface area (Å²) >= 11 is 0. The number of likely N-dealkylation sites (tertiary alicyclic amines) is 1. The number of allylic oxidation sites excluding steroid dienone is 3. The lowest BCUT2D eigenvalue weighted by Gasteiger charge is -2.29. The monoisotopic (exact) mass is 314 g/mol. The van der Waals surface area contributed by atoms with Crippen LogP contribution < -0.4 is 5.32 Å². The van der Waals surface area contributed by atoms with Crippen molar-refractivity contribution in [2.24, 2.45) is 0 Å². The number of hydrogen-bond donors (Lipinski definition) is 2. The molecule has 0 bridgehead atoms. The molecule has 1 heterocycles. The van der Waals surface area contributed by atoms with Crippen LogP contribution in [0.1, 0.15) is 30.9 Å². The number of amides is 1. The summed E-state index contributed by atoms with van der Waals surface area (Å²) < 4.78 is 0. The fourth-order valence-electron chi connectivity index (χ4n) is 2.60. The van der Waals surface area contributed by atoms with E-state index in [1.54, 1.807) is 6.08 Å². The van der Waals surface area contributed by atoms with Crippen LogP contribution in [0, 0.1) is 0 Å². The van der Waals surface area contributed by atoms with Crippen LogP contribution in [0.3, 0.4) is 0 Å². The topological polar surface area (TPSA) is 52.6 Å². The number of aliphatic hydroxyl groups is 1. The van der Waals surface area contributed by atoms with Gasteiger partial charge in [-0.05, 0) is 30.9 Å². The van der Waals surface area contributed by atoms with Gasteiger partial charge in [-0.15, -0.1) is 0 Å². The van der Waals surface area contributed by atoms with Crippen molar-refractivity contribution in [3.05, 3.63) is 59.7 Å². The second kappa shape index (κ2) is 9.28. The maximum absolute atomic E-state index is 11.6. The van der Waals surface area contributed by atoms with Gasteiger partial charge in [0.15, 0.2) is 0 Å². The SMILES string of the molecule is C/C=C/C=C\C(=O)NCc1ccc(CN2CCC(O)CC2)cc1. The number of aliphatic hydroxyl groups excluding tert-OH is 1. The van der Waals surface area contributed by atoms with Crippen molar-refractivity contribution in [3.63, 3.8) is 0 Å². The molecule has 0 aliphatic carbocycles. The van der Waals surface area contributed by atoms with E-state index in [0.29, 0.717) is 6.54 Å². The van der Waals surface area contributed by atoms with Crippen molar-refractivity contribution in [3.8, 4) is 0 Å². The molecule has 1 amide bonds. The quantitative estimate of drug-likeness (QED) is 0.626. The molecule has 0 unspecified atom stereocenters. The van der Waals surface area contributed by atoms with Gasteiger partial charge in [0.25, 0.3) is 0 Å². The minimum absolute atomic E-state index is 0.0842. The lowest BCUT2D eigenvalue weighted by Crippen LogP contribution is -2.35. The maximum Gasteiger partial charge on any atom is 0.244 e. The Labute approximate surface area is 138 Å². The van der Waals surface area contributed by atoms with Crippen molar-refractivity contribution in [1.29, 1.82) is 0 Å². The van der Waals surface area contributed by atoms with Crippen molar-refractivity contribution in [1.82, 2.24) is 10.2 Å². The van der Waals surface area contributed by atoms with Crippen molar-refractivity contribution in [2.45, 2.75) is 39.0 Å². The summed E-state index contributed by atoms with van der Waals surface area (Å²) in [4.78, 5) is 14.0. The van der Waals surface area contributed by atoms with Gasteiger partial charge < -0.3 is 10.4 Å². The molecule has 2 rings (SSSR count). The van der Waals surface area contributed by atoms with E-state index in [4.69, 9.17) is 0 Å². The zero-order valence-electron chi connectivity index (χ0n) is 13.7. The Kier molecular flexibility index (Phi) is 7.04. The molecular weight excluding hydrogens is 288 g/mol. The molecule has 4 heteroatoms. The normalized spacial score (nSPS) is 17.1. The molecule has 0 radical (unpaired) electrons. The molecule has 0 aromatic heterocycles. The van der Waals surface area contributed by atoms with Crippen LogP contribution in [0.4, 0.5) is 0 Å². The molecule has 0 atom stereocenters. The van der Waals surface area contributed by atoms with Gasteiger partial charge in [0, 0.05) is 32.3 Å². The predicted octanol–water partition coefficient (Wildman–Crippen LogP) is 2.39. The van der Waals surface area contributed by atoms with Gasteiger partial charge in [-0.1, -0.05) is 42.5 Å². The van der Waals surface area contributed by atoms with Crippen molar-refractivity contribution < 1.29 is 9.90 Å². The second-order valence-corrected chi connectivity index (χ2v) is 5.93. The van der Waals surface area contributed by atoms with E-state index in [0.717, 1.165) is 38.0 Å². The highest BCUT2D eigenvalue weighted by Crippen LogP contribution is 2.14. The summed E-state index contributed by atoms with van der Waals surface area (Å²) in [5, 5.41) is 12.4. The Hall–Kier alpha value is -1.91. The fourth-order valence-corrected chi connectivity index (χ4v) is 2.60. The van der Waals surface area contributed by atoms with Gasteiger partial charge in [-0.2, -0.15) is 0 Å². The van der Waals surface area contributed by atoms with E-state index < -0.39 is 0 Å². The predicted molar refractivity (Wildman–Crippen MR) is 92.8 cm³/mol. The Balaban J connectivity index is 1.77. The summed E-state index contributed by atoms with van der Waals surface area (Å²) in [6.45, 7) is 5.28. The second-order valence-electron chi connectivity index (χ2n) is 5.93. The first kappa shape index (κ1) is 17.4. The van der Waals surface area contributed by atoms with Crippen molar-refractivity contribution >= 4 is 5.91 Å². The van der Waals surface area contributed by atoms with Gasteiger partial charge in [-0.3, -0.25) is 9.69 Å². The average molecular weight is 314 g/mol. The summed E-state index contributed by atoms with van der Waals surface area (Å²) in [5.41, 5.74) is 2.36. The average Bonchev–Trinajstić information content (AvgIpc) is 2.57. The molecule has 0 saturated carbocycles. The Morgan fingerprint density at radius 1 is 1.22 bits per heavy atom. The first-order valence-corrected chi connectivity index (χ1v) is 8.23. The van der Waals surface area contributed by atoms with Crippen LogP contribution in [0.5, 0.6) is 0 Å². The van der Waals surface area contributed by atoms with E-state index in [2.05, 4.69) is 34.5 Å². The summed E-state index contributed by atoms with van der Waals surface area (Å²) in [6.07, 6.45) is 8.57. The van der Waals surface area contributed by atoms with E-state index in [-0.39, 0.29) is 12.0 Å². The third-order valence-electron chi connectivity index (χ3n) is 4.00. The highest BCUT2D eigenvalue weighted by atomic mass is 16.3. The number of piperidine rings is 1. The minimum atomic E-state index is -0.126. The van der Waals surface area contributed by atoms with E-state index in [1.165, 1.54) is 11.6 Å². The Morgan fingerprint density at radius 2 is 1.87 bits per heavy atom. The van der Waals surface area contributed by atoms with Crippen LogP contribution in [0.2, 0.25) is 0 Å². The van der Waals surface area contributed by atoms with Crippen LogP contribution >= 0.6 is 0 Å². The molecule has 2 N–H and O–H groups in total. The summed E-state index contributed by atoms with van der Waals surface area (Å²) in [5.74, 6) is -0.0842. The molecule has 1 fully saturated rings. The number of carbonyl (C=O) groups excluding carboxylic acids is 1. The highest BCUT2D eigenvalue weighted by molar-refractivity contribution is 5.87. The lowest BCUT2D eigenvalue weighted by atomic mass is 10.1. The van der Waals surface area contributed by atoms with E-state index >= 15 is 0 Å². The minimum Gasteiger partial charge on any atom is -0.393 e. The molecule has 1 aromatic rings. The molecule has 4 nitrogen and oxygen atoms in total. The highest BCUT2D eigenvalue weighted by Gasteiger charge is 2.16. The largest absolute Gasteiger partial charge is 0.393 e. The van der Waals surface area contributed by atoms with Crippen LogP contribution in [-0.2, 0) is 17.9 Å². The first-order valence-electron chi connectivity index (χ1n) is 8.23. The molecular formula is C19H26N2O2. The van der Waals surface area contributed by atoms with E-state index in [9.17, 15) is 9.90 Å². The zero-order chi connectivity index (χ0) is 16.5. The Morgan fingerprint density at radius 3 is 2.52 bits per heavy atom. The van der Waals surface area contributed by atoms with E-state index in [1.807, 2.05) is 19.1 Å². The van der Waals surface area contributed by atoms with Crippen LogP contribution in [0.15, 0.2) is 48.6 Å². The van der Waals surface area contributed by atoms with Crippen molar-refractivity contribution in [2.75, 3.05) is 13.1 Å². The molecule has 1 saturated heterocycles. The number of carbonyl (C=O) groups is 1. The number of nitrogens with zero attached hydrogens (tertiary/aromatic N) is 1. The lowest BCUT2D eigenvalue weighted by molar-refractivity contribution is -0.116.